The third-order valence-corrected chi connectivity index (χ3v) is 2.20. The van der Waals surface area contributed by atoms with E-state index in [-0.39, 0.29) is 0 Å². The average Bonchev–Trinajstić information content (AvgIpc) is 2.71. The van der Waals surface area contributed by atoms with Crippen LogP contribution < -0.4 is 3.53 Å². The Bertz CT molecular complexity index is 385. The molecule has 4 nitrogen and oxygen atoms in total. The first-order valence-electron chi connectivity index (χ1n) is 3.72. The zero-order chi connectivity index (χ0) is 9.10. The van der Waals surface area contributed by atoms with Crippen molar-refractivity contribution in [3.8, 4) is 11.3 Å². The van der Waals surface area contributed by atoms with Crippen LogP contribution in [0, 0.1) is 0 Å². The van der Waals surface area contributed by atoms with Crippen LogP contribution in [-0.4, -0.2) is 15.0 Å². The van der Waals surface area contributed by atoms with E-state index in [9.17, 15) is 0 Å². The maximum Gasteiger partial charge on any atom is 0.135 e. The van der Waals surface area contributed by atoms with E-state index in [2.05, 4.69) is 18.5 Å². The highest BCUT2D eigenvalue weighted by Gasteiger charge is 2.00. The van der Waals surface area contributed by atoms with Gasteiger partial charge in [-0.05, 0) is 12.1 Å². The summed E-state index contributed by atoms with van der Waals surface area (Å²) in [6.07, 6.45) is 5.27. The Morgan fingerprint density at radius 3 is 3.00 bits per heavy atom. The summed E-state index contributed by atoms with van der Waals surface area (Å²) in [6, 6.07) is 3.87. The molecule has 0 radical (unpaired) electrons. The van der Waals surface area contributed by atoms with Crippen LogP contribution in [0.4, 0.5) is 5.82 Å². The van der Waals surface area contributed by atoms with Crippen molar-refractivity contribution in [1.82, 2.24) is 15.0 Å². The van der Waals surface area contributed by atoms with E-state index in [4.69, 9.17) is 0 Å². The molecule has 0 unspecified atom stereocenters. The number of aromatic amines is 1. The zero-order valence-electron chi connectivity index (χ0n) is 6.66. The topological polar surface area (TPSA) is 53.6 Å². The average molecular weight is 286 g/mol. The van der Waals surface area contributed by atoms with Gasteiger partial charge < -0.3 is 8.51 Å². The van der Waals surface area contributed by atoms with Gasteiger partial charge in [0.1, 0.15) is 5.82 Å². The fourth-order valence-corrected chi connectivity index (χ4v) is 1.35. The molecule has 5 heteroatoms. The number of aromatic nitrogens is 3. The second-order valence-electron chi connectivity index (χ2n) is 2.48. The molecular weight excluding hydrogens is 279 g/mol. The predicted molar refractivity (Wildman–Crippen MR) is 59.5 cm³/mol. The van der Waals surface area contributed by atoms with Crippen molar-refractivity contribution in [2.75, 3.05) is 3.53 Å². The molecule has 13 heavy (non-hydrogen) atoms. The summed E-state index contributed by atoms with van der Waals surface area (Å²) in [4.78, 5) is 11.2. The predicted octanol–water partition coefficient (Wildman–Crippen LogP) is 2.23. The molecule has 0 aromatic carbocycles. The Morgan fingerprint density at radius 1 is 1.38 bits per heavy atom. The standard InChI is InChI=1S/C8H7IN4/c9-13-8-3-6(1-2-11-8)7-4-10-5-12-7/h1-5H,(H,10,12)(H,11,13). The lowest BCUT2D eigenvalue weighted by Gasteiger charge is -1.99. The van der Waals surface area contributed by atoms with E-state index in [1.54, 1.807) is 12.5 Å². The Balaban J connectivity index is 2.41. The molecule has 0 atom stereocenters. The lowest BCUT2D eigenvalue weighted by molar-refractivity contribution is 1.30. The van der Waals surface area contributed by atoms with Crippen molar-refractivity contribution in [3.63, 3.8) is 0 Å². The minimum absolute atomic E-state index is 0.834. The van der Waals surface area contributed by atoms with Crippen LogP contribution in [0.25, 0.3) is 11.3 Å². The lowest BCUT2D eigenvalue weighted by atomic mass is 10.2. The molecule has 2 aromatic heterocycles. The van der Waals surface area contributed by atoms with Gasteiger partial charge in [-0.3, -0.25) is 0 Å². The highest BCUT2D eigenvalue weighted by Crippen LogP contribution is 2.18. The van der Waals surface area contributed by atoms with Crippen molar-refractivity contribution in [1.29, 1.82) is 0 Å². The van der Waals surface area contributed by atoms with Gasteiger partial charge in [0.15, 0.2) is 0 Å². The summed E-state index contributed by atoms with van der Waals surface area (Å²) >= 11 is 2.05. The first-order chi connectivity index (χ1) is 6.40. The second-order valence-corrected chi connectivity index (χ2v) is 3.02. The van der Waals surface area contributed by atoms with E-state index in [0.717, 1.165) is 17.1 Å². The number of halogens is 1. The largest absolute Gasteiger partial charge is 0.351 e. The smallest absolute Gasteiger partial charge is 0.135 e. The molecule has 2 N–H and O–H groups in total. The molecule has 2 heterocycles. The van der Waals surface area contributed by atoms with Crippen LogP contribution in [-0.2, 0) is 0 Å². The summed E-state index contributed by atoms with van der Waals surface area (Å²) < 4.78 is 2.95. The van der Waals surface area contributed by atoms with Crippen LogP contribution in [0.1, 0.15) is 0 Å². The number of nitrogens with zero attached hydrogens (tertiary/aromatic N) is 2. The summed E-state index contributed by atoms with van der Waals surface area (Å²) in [5.74, 6) is 0.834. The number of imidazole rings is 1. The van der Waals surface area contributed by atoms with E-state index < -0.39 is 0 Å². The van der Waals surface area contributed by atoms with Gasteiger partial charge in [0.2, 0.25) is 0 Å². The van der Waals surface area contributed by atoms with Crippen LogP contribution in [0.3, 0.4) is 0 Å². The number of hydrogen-bond acceptors (Lipinski definition) is 3. The molecule has 0 aliphatic carbocycles. The molecule has 0 saturated carbocycles. The summed E-state index contributed by atoms with van der Waals surface area (Å²) in [5.41, 5.74) is 1.98. The van der Waals surface area contributed by atoms with Gasteiger partial charge in [-0.15, -0.1) is 0 Å². The molecule has 0 amide bonds. The fourth-order valence-electron chi connectivity index (χ4n) is 1.06. The van der Waals surface area contributed by atoms with E-state index in [1.165, 1.54) is 0 Å². The van der Waals surface area contributed by atoms with Gasteiger partial charge in [0.25, 0.3) is 0 Å². The van der Waals surface area contributed by atoms with Crippen molar-refractivity contribution >= 4 is 28.7 Å². The number of H-pyrrole nitrogens is 1. The van der Waals surface area contributed by atoms with E-state index in [0.29, 0.717) is 0 Å². The Hall–Kier alpha value is -1.11. The number of nitrogens with one attached hydrogen (secondary N) is 2. The van der Waals surface area contributed by atoms with Crippen molar-refractivity contribution < 1.29 is 0 Å². The summed E-state index contributed by atoms with van der Waals surface area (Å²) in [7, 11) is 0. The van der Waals surface area contributed by atoms with Gasteiger partial charge in [0, 0.05) is 18.0 Å². The normalized spacial score (nSPS) is 9.92. The highest BCUT2D eigenvalue weighted by atomic mass is 127. The zero-order valence-corrected chi connectivity index (χ0v) is 8.82. The first-order valence-corrected chi connectivity index (χ1v) is 4.80. The minimum Gasteiger partial charge on any atom is -0.351 e. The third-order valence-electron chi connectivity index (χ3n) is 1.65. The molecule has 0 aliphatic heterocycles. The molecule has 0 aliphatic rings. The van der Waals surface area contributed by atoms with Crippen LogP contribution in [0.2, 0.25) is 0 Å². The summed E-state index contributed by atoms with van der Waals surface area (Å²) in [6.45, 7) is 0. The van der Waals surface area contributed by atoms with E-state index in [1.807, 2.05) is 41.2 Å². The minimum atomic E-state index is 0.834. The number of hydrogen-bond donors (Lipinski definition) is 2. The van der Waals surface area contributed by atoms with E-state index >= 15 is 0 Å². The molecular formula is C8H7IN4. The Labute approximate surface area is 89.3 Å². The maximum atomic E-state index is 4.15. The fraction of sp³-hybridized carbons (Fsp3) is 0. The first kappa shape index (κ1) is 8.49. The lowest BCUT2D eigenvalue weighted by Crippen LogP contribution is -1.85. The van der Waals surface area contributed by atoms with Gasteiger partial charge in [-0.25, -0.2) is 9.97 Å². The van der Waals surface area contributed by atoms with Crippen molar-refractivity contribution in [2.24, 2.45) is 0 Å². The molecule has 0 bridgehead atoms. The monoisotopic (exact) mass is 286 g/mol. The Kier molecular flexibility index (Phi) is 2.44. The maximum absolute atomic E-state index is 4.15. The van der Waals surface area contributed by atoms with Crippen LogP contribution in [0.5, 0.6) is 0 Å². The molecule has 0 fully saturated rings. The molecule has 66 valence electrons. The van der Waals surface area contributed by atoms with Gasteiger partial charge in [-0.2, -0.15) is 0 Å². The second kappa shape index (κ2) is 3.73. The quantitative estimate of drug-likeness (QED) is 0.657. The highest BCUT2D eigenvalue weighted by molar-refractivity contribution is 14.1. The third kappa shape index (κ3) is 1.80. The van der Waals surface area contributed by atoms with Gasteiger partial charge in [0.05, 0.1) is 34.9 Å². The number of anilines is 1. The van der Waals surface area contributed by atoms with Crippen molar-refractivity contribution in [2.45, 2.75) is 0 Å². The van der Waals surface area contributed by atoms with Crippen LogP contribution in [0.15, 0.2) is 30.9 Å². The molecule has 0 saturated heterocycles. The SMILES string of the molecule is INc1cc(-c2c[nH]cn2)ccn1. The molecule has 2 aromatic rings. The van der Waals surface area contributed by atoms with Gasteiger partial charge in [-0.1, -0.05) is 0 Å². The Morgan fingerprint density at radius 2 is 2.31 bits per heavy atom. The molecule has 2 rings (SSSR count). The van der Waals surface area contributed by atoms with Crippen molar-refractivity contribution in [3.05, 3.63) is 30.9 Å². The molecule has 0 spiro atoms. The van der Waals surface area contributed by atoms with Crippen LogP contribution >= 0.6 is 22.9 Å². The summed E-state index contributed by atoms with van der Waals surface area (Å²) in [5, 5.41) is 0. The number of rotatable bonds is 2. The number of pyridine rings is 1. The van der Waals surface area contributed by atoms with Gasteiger partial charge >= 0.3 is 0 Å².